The molecule has 1 aliphatic heterocycles. The molecule has 0 radical (unpaired) electrons. The van der Waals surface area contributed by atoms with E-state index in [-0.39, 0.29) is 16.9 Å². The van der Waals surface area contributed by atoms with Gasteiger partial charge in [0.2, 0.25) is 10.0 Å². The molecular formula is C22H31N3O4S. The van der Waals surface area contributed by atoms with Crippen LogP contribution in [0.4, 0.5) is 0 Å². The third-order valence-electron chi connectivity index (χ3n) is 5.33. The van der Waals surface area contributed by atoms with Gasteiger partial charge in [0.05, 0.1) is 14.2 Å². The van der Waals surface area contributed by atoms with Gasteiger partial charge in [0.15, 0.2) is 0 Å². The van der Waals surface area contributed by atoms with Gasteiger partial charge in [-0.05, 0) is 31.8 Å². The molecule has 0 saturated carbocycles. The van der Waals surface area contributed by atoms with Crippen LogP contribution >= 0.6 is 0 Å². The largest absolute Gasteiger partial charge is 0.497 e. The highest BCUT2D eigenvalue weighted by molar-refractivity contribution is 7.89. The summed E-state index contributed by atoms with van der Waals surface area (Å²) in [5.41, 5.74) is 1.22. The van der Waals surface area contributed by atoms with E-state index in [0.29, 0.717) is 18.0 Å². The van der Waals surface area contributed by atoms with Crippen molar-refractivity contribution in [3.05, 3.63) is 54.1 Å². The zero-order chi connectivity index (χ0) is 21.7. The summed E-state index contributed by atoms with van der Waals surface area (Å²) in [7, 11) is 3.21. The van der Waals surface area contributed by atoms with Gasteiger partial charge in [-0.2, -0.15) is 0 Å². The number of likely N-dealkylation sites (tertiary alicyclic amines) is 1. The summed E-state index contributed by atoms with van der Waals surface area (Å²) >= 11 is 0. The molecule has 1 fully saturated rings. The van der Waals surface area contributed by atoms with E-state index in [4.69, 9.17) is 9.47 Å². The molecule has 0 spiro atoms. The fourth-order valence-corrected chi connectivity index (χ4v) is 5.46. The van der Waals surface area contributed by atoms with Crippen molar-refractivity contribution in [1.82, 2.24) is 14.5 Å². The van der Waals surface area contributed by atoms with Gasteiger partial charge in [-0.3, -0.25) is 4.90 Å². The minimum atomic E-state index is -3.78. The van der Waals surface area contributed by atoms with Gasteiger partial charge in [-0.25, -0.2) is 13.1 Å². The maximum absolute atomic E-state index is 13.3. The molecule has 3 rings (SSSR count). The number of benzene rings is 2. The Morgan fingerprint density at radius 1 is 1.07 bits per heavy atom. The Hall–Kier alpha value is -2.13. The lowest BCUT2D eigenvalue weighted by atomic mass is 10.0. The zero-order valence-corrected chi connectivity index (χ0v) is 18.9. The van der Waals surface area contributed by atoms with Gasteiger partial charge >= 0.3 is 0 Å². The van der Waals surface area contributed by atoms with Crippen LogP contribution in [-0.4, -0.2) is 72.2 Å². The molecule has 164 valence electrons. The van der Waals surface area contributed by atoms with Crippen molar-refractivity contribution in [2.75, 3.05) is 47.9 Å². The number of hydrogen-bond acceptors (Lipinski definition) is 6. The van der Waals surface area contributed by atoms with E-state index in [2.05, 4.69) is 26.7 Å². The van der Waals surface area contributed by atoms with E-state index in [1.807, 2.05) is 32.3 Å². The molecule has 2 atom stereocenters. The fraction of sp³-hybridized carbons (Fsp3) is 0.455. The van der Waals surface area contributed by atoms with Crippen molar-refractivity contribution in [2.24, 2.45) is 5.92 Å². The number of sulfonamides is 1. The second-order valence-corrected chi connectivity index (χ2v) is 9.63. The molecule has 0 amide bonds. The summed E-state index contributed by atoms with van der Waals surface area (Å²) in [6.07, 6.45) is 0. The Morgan fingerprint density at radius 2 is 1.80 bits per heavy atom. The molecule has 1 heterocycles. The first-order valence-corrected chi connectivity index (χ1v) is 11.5. The van der Waals surface area contributed by atoms with Crippen LogP contribution in [0.25, 0.3) is 0 Å². The topological polar surface area (TPSA) is 71.1 Å². The van der Waals surface area contributed by atoms with Gasteiger partial charge in [-0.1, -0.05) is 30.3 Å². The monoisotopic (exact) mass is 433 g/mol. The molecular weight excluding hydrogens is 402 g/mol. The minimum absolute atomic E-state index is 0.0921. The molecule has 8 heteroatoms. The van der Waals surface area contributed by atoms with Gasteiger partial charge in [0.25, 0.3) is 0 Å². The van der Waals surface area contributed by atoms with Crippen molar-refractivity contribution in [3.8, 4) is 11.5 Å². The van der Waals surface area contributed by atoms with Crippen LogP contribution in [0.15, 0.2) is 53.4 Å². The van der Waals surface area contributed by atoms with Crippen LogP contribution in [-0.2, 0) is 16.6 Å². The lowest BCUT2D eigenvalue weighted by Gasteiger charge is -2.23. The molecule has 30 heavy (non-hydrogen) atoms. The Balaban J connectivity index is 1.81. The van der Waals surface area contributed by atoms with E-state index in [9.17, 15) is 8.42 Å². The van der Waals surface area contributed by atoms with Crippen molar-refractivity contribution in [1.29, 1.82) is 0 Å². The number of nitrogens with one attached hydrogen (secondary N) is 1. The highest BCUT2D eigenvalue weighted by Gasteiger charge is 2.36. The van der Waals surface area contributed by atoms with E-state index in [0.717, 1.165) is 19.6 Å². The lowest BCUT2D eigenvalue weighted by Crippen LogP contribution is -2.43. The quantitative estimate of drug-likeness (QED) is 0.653. The van der Waals surface area contributed by atoms with Crippen LogP contribution in [0.3, 0.4) is 0 Å². The maximum atomic E-state index is 13.3. The third-order valence-corrected chi connectivity index (χ3v) is 6.84. The average Bonchev–Trinajstić information content (AvgIpc) is 3.07. The molecule has 2 aromatic carbocycles. The molecule has 0 unspecified atom stereocenters. The Bertz CT molecular complexity index is 935. The normalized spacial score (nSPS) is 19.9. The first-order valence-electron chi connectivity index (χ1n) is 9.97. The summed E-state index contributed by atoms with van der Waals surface area (Å²) < 4.78 is 40.0. The fourth-order valence-electron chi connectivity index (χ4n) is 3.98. The lowest BCUT2D eigenvalue weighted by molar-refractivity contribution is 0.283. The Labute approximate surface area is 179 Å². The van der Waals surface area contributed by atoms with Crippen molar-refractivity contribution >= 4 is 10.0 Å². The van der Waals surface area contributed by atoms with Crippen LogP contribution in [0.1, 0.15) is 5.56 Å². The molecule has 1 aliphatic rings. The summed E-state index contributed by atoms with van der Waals surface area (Å²) in [6, 6.07) is 14.8. The molecule has 1 N–H and O–H groups in total. The van der Waals surface area contributed by atoms with Gasteiger partial charge in [0, 0.05) is 44.2 Å². The summed E-state index contributed by atoms with van der Waals surface area (Å²) in [5.74, 6) is 0.944. The first-order chi connectivity index (χ1) is 14.3. The average molecular weight is 434 g/mol. The zero-order valence-electron chi connectivity index (χ0n) is 18.0. The van der Waals surface area contributed by atoms with Crippen LogP contribution in [0, 0.1) is 5.92 Å². The summed E-state index contributed by atoms with van der Waals surface area (Å²) in [5, 5.41) is 0. The van der Waals surface area contributed by atoms with Gasteiger partial charge in [-0.15, -0.1) is 0 Å². The van der Waals surface area contributed by atoms with E-state index in [1.54, 1.807) is 12.1 Å². The van der Waals surface area contributed by atoms with Gasteiger partial charge in [0.1, 0.15) is 16.4 Å². The van der Waals surface area contributed by atoms with Crippen LogP contribution < -0.4 is 14.2 Å². The number of nitrogens with zero attached hydrogens (tertiary/aromatic N) is 2. The molecule has 2 aromatic rings. The smallest absolute Gasteiger partial charge is 0.244 e. The summed E-state index contributed by atoms with van der Waals surface area (Å²) in [6.45, 7) is 3.08. The minimum Gasteiger partial charge on any atom is -0.497 e. The summed E-state index contributed by atoms with van der Waals surface area (Å²) in [4.78, 5) is 4.50. The van der Waals surface area contributed by atoms with Crippen LogP contribution in [0.2, 0.25) is 0 Å². The van der Waals surface area contributed by atoms with E-state index < -0.39 is 10.0 Å². The molecule has 0 aromatic heterocycles. The Kier molecular flexibility index (Phi) is 7.36. The van der Waals surface area contributed by atoms with Crippen molar-refractivity contribution in [2.45, 2.75) is 17.5 Å². The SMILES string of the molecule is COc1ccc(OC)c(S(=O)(=O)N[C@@H]2CN(Cc3ccccc3)C[C@H]2CN(C)C)c1. The standard InChI is InChI=1S/C22H31N3O4S/c1-24(2)14-18-15-25(13-17-8-6-5-7-9-17)16-20(18)23-30(26,27)22-12-19(28-3)10-11-21(22)29-4/h5-12,18,20,23H,13-16H2,1-4H3/t18-,20-/m1/s1. The number of rotatable bonds is 9. The molecule has 7 nitrogen and oxygen atoms in total. The third kappa shape index (κ3) is 5.51. The maximum Gasteiger partial charge on any atom is 0.244 e. The molecule has 0 bridgehead atoms. The highest BCUT2D eigenvalue weighted by Crippen LogP contribution is 2.29. The van der Waals surface area contributed by atoms with Crippen LogP contribution in [0.5, 0.6) is 11.5 Å². The number of hydrogen-bond donors (Lipinski definition) is 1. The number of methoxy groups -OCH3 is 2. The highest BCUT2D eigenvalue weighted by atomic mass is 32.2. The second kappa shape index (κ2) is 9.78. The first kappa shape index (κ1) is 22.6. The second-order valence-electron chi connectivity index (χ2n) is 7.95. The van der Waals surface area contributed by atoms with E-state index >= 15 is 0 Å². The van der Waals surface area contributed by atoms with Crippen molar-refractivity contribution in [3.63, 3.8) is 0 Å². The van der Waals surface area contributed by atoms with E-state index in [1.165, 1.54) is 25.8 Å². The predicted octanol–water partition coefficient (Wildman–Crippen LogP) is 2.04. The molecule has 1 saturated heterocycles. The van der Waals surface area contributed by atoms with Crippen molar-refractivity contribution < 1.29 is 17.9 Å². The Morgan fingerprint density at radius 3 is 2.43 bits per heavy atom. The number of ether oxygens (including phenoxy) is 2. The predicted molar refractivity (Wildman–Crippen MR) is 117 cm³/mol. The van der Waals surface area contributed by atoms with Gasteiger partial charge < -0.3 is 14.4 Å². The molecule has 0 aliphatic carbocycles.